The Balaban J connectivity index is 2.84. The highest BCUT2D eigenvalue weighted by molar-refractivity contribution is 5.07. The number of halogens is 6. The highest BCUT2D eigenvalue weighted by atomic mass is 19.4. The number of hydrogen-bond donors (Lipinski definition) is 1. The van der Waals surface area contributed by atoms with Gasteiger partial charge in [-0.3, -0.25) is 0 Å². The van der Waals surface area contributed by atoms with Crippen LogP contribution < -0.4 is 0 Å². The second-order valence-corrected chi connectivity index (χ2v) is 3.46. The van der Waals surface area contributed by atoms with Gasteiger partial charge >= 0.3 is 12.4 Å². The van der Waals surface area contributed by atoms with Gasteiger partial charge in [-0.1, -0.05) is 0 Å². The maximum absolute atomic E-state index is 12.2. The van der Waals surface area contributed by atoms with Gasteiger partial charge in [-0.05, 0) is 11.6 Å². The Morgan fingerprint density at radius 1 is 1.12 bits per heavy atom. The summed E-state index contributed by atoms with van der Waals surface area (Å²) in [7, 11) is 0. The van der Waals surface area contributed by atoms with E-state index in [1.54, 1.807) is 0 Å². The van der Waals surface area contributed by atoms with Crippen LogP contribution in [0.25, 0.3) is 0 Å². The molecule has 1 rings (SSSR count). The molecular weight excluding hydrogens is 254 g/mol. The van der Waals surface area contributed by atoms with E-state index in [0.29, 0.717) is 0 Å². The molecule has 0 amide bonds. The number of hydrogen-bond acceptors (Lipinski definition) is 2. The SMILES string of the molecule is OC(Cc1ccoc1)C(C(F)(F)F)C(F)(F)F. The second kappa shape index (κ2) is 4.59. The van der Waals surface area contributed by atoms with Crippen LogP contribution in [0.4, 0.5) is 26.3 Å². The van der Waals surface area contributed by atoms with Crippen LogP contribution in [0, 0.1) is 5.92 Å². The van der Waals surface area contributed by atoms with E-state index in [-0.39, 0.29) is 5.56 Å². The quantitative estimate of drug-likeness (QED) is 0.849. The Labute approximate surface area is 91.8 Å². The van der Waals surface area contributed by atoms with Gasteiger partial charge in [0.1, 0.15) is 0 Å². The zero-order chi connectivity index (χ0) is 13.3. The molecule has 8 heteroatoms. The van der Waals surface area contributed by atoms with Gasteiger partial charge in [-0.15, -0.1) is 0 Å². The van der Waals surface area contributed by atoms with Crippen LogP contribution in [-0.4, -0.2) is 23.6 Å². The Morgan fingerprint density at radius 3 is 2.00 bits per heavy atom. The Bertz CT molecular complexity index is 325. The first-order valence-electron chi connectivity index (χ1n) is 4.45. The zero-order valence-corrected chi connectivity index (χ0v) is 8.22. The fraction of sp³-hybridized carbons (Fsp3) is 0.556. The molecule has 2 nitrogen and oxygen atoms in total. The third-order valence-corrected chi connectivity index (χ3v) is 2.12. The van der Waals surface area contributed by atoms with Gasteiger partial charge in [0, 0.05) is 6.42 Å². The summed E-state index contributed by atoms with van der Waals surface area (Å²) in [5.74, 6) is -3.76. The van der Waals surface area contributed by atoms with Gasteiger partial charge in [0.05, 0.1) is 18.6 Å². The second-order valence-electron chi connectivity index (χ2n) is 3.46. The molecule has 0 spiro atoms. The summed E-state index contributed by atoms with van der Waals surface area (Å²) in [4.78, 5) is 0. The maximum Gasteiger partial charge on any atom is 0.403 e. The van der Waals surface area contributed by atoms with E-state index in [9.17, 15) is 26.3 Å². The predicted octanol–water partition coefficient (Wildman–Crippen LogP) is 2.92. The van der Waals surface area contributed by atoms with Gasteiger partial charge in [-0.25, -0.2) is 0 Å². The minimum atomic E-state index is -5.54. The van der Waals surface area contributed by atoms with E-state index in [1.165, 1.54) is 6.07 Å². The Kier molecular flexibility index (Phi) is 3.75. The highest BCUT2D eigenvalue weighted by Gasteiger charge is 2.59. The molecule has 0 aromatic carbocycles. The van der Waals surface area contributed by atoms with E-state index >= 15 is 0 Å². The van der Waals surface area contributed by atoms with Gasteiger partial charge in [0.2, 0.25) is 0 Å². The van der Waals surface area contributed by atoms with Crippen molar-refractivity contribution in [2.24, 2.45) is 5.92 Å². The van der Waals surface area contributed by atoms with Crippen molar-refractivity contribution in [3.63, 3.8) is 0 Å². The van der Waals surface area contributed by atoms with Crippen molar-refractivity contribution in [2.45, 2.75) is 24.9 Å². The monoisotopic (exact) mass is 262 g/mol. The lowest BCUT2D eigenvalue weighted by atomic mass is 9.96. The van der Waals surface area contributed by atoms with Crippen molar-refractivity contribution in [1.82, 2.24) is 0 Å². The summed E-state index contributed by atoms with van der Waals surface area (Å²) in [6, 6.07) is 1.19. The largest absolute Gasteiger partial charge is 0.472 e. The van der Waals surface area contributed by atoms with Crippen molar-refractivity contribution in [2.75, 3.05) is 0 Å². The molecule has 1 aromatic heterocycles. The third kappa shape index (κ3) is 3.65. The summed E-state index contributed by atoms with van der Waals surface area (Å²) < 4.78 is 77.6. The summed E-state index contributed by atoms with van der Waals surface area (Å²) in [6.07, 6.45) is -12.4. The molecule has 98 valence electrons. The van der Waals surface area contributed by atoms with Crippen LogP contribution >= 0.6 is 0 Å². The molecular formula is C9H8F6O2. The average molecular weight is 262 g/mol. The first kappa shape index (κ1) is 13.9. The third-order valence-electron chi connectivity index (χ3n) is 2.12. The maximum atomic E-state index is 12.2. The normalized spacial score (nSPS) is 15.3. The molecule has 1 unspecified atom stereocenters. The highest BCUT2D eigenvalue weighted by Crippen LogP contribution is 2.42. The molecule has 1 heterocycles. The first-order chi connectivity index (χ1) is 7.62. The van der Waals surface area contributed by atoms with Crippen molar-refractivity contribution >= 4 is 0 Å². The lowest BCUT2D eigenvalue weighted by molar-refractivity contribution is -0.305. The molecule has 0 aliphatic rings. The Hall–Kier alpha value is -1.18. The van der Waals surface area contributed by atoms with Crippen LogP contribution in [0.5, 0.6) is 0 Å². The number of alkyl halides is 6. The fourth-order valence-electron chi connectivity index (χ4n) is 1.39. The first-order valence-corrected chi connectivity index (χ1v) is 4.45. The molecule has 0 saturated heterocycles. The van der Waals surface area contributed by atoms with Crippen LogP contribution in [0.3, 0.4) is 0 Å². The summed E-state index contributed by atoms with van der Waals surface area (Å²) in [6.45, 7) is 0. The van der Waals surface area contributed by atoms with E-state index in [0.717, 1.165) is 12.5 Å². The number of rotatable bonds is 3. The minimum Gasteiger partial charge on any atom is -0.472 e. The molecule has 0 saturated carbocycles. The molecule has 0 aliphatic carbocycles. The van der Waals surface area contributed by atoms with Crippen LogP contribution in [0.1, 0.15) is 5.56 Å². The number of aliphatic hydroxyl groups is 1. The number of aliphatic hydroxyl groups excluding tert-OH is 1. The van der Waals surface area contributed by atoms with Crippen molar-refractivity contribution in [1.29, 1.82) is 0 Å². The molecule has 1 atom stereocenters. The van der Waals surface area contributed by atoms with Gasteiger partial charge in [-0.2, -0.15) is 26.3 Å². The zero-order valence-electron chi connectivity index (χ0n) is 8.22. The standard InChI is InChI=1S/C9H8F6O2/c10-8(11,12)7(9(13,14)15)6(16)3-5-1-2-17-4-5/h1-2,4,6-7,16H,3H2. The Morgan fingerprint density at radius 2 is 1.65 bits per heavy atom. The lowest BCUT2D eigenvalue weighted by Gasteiger charge is -2.27. The lowest BCUT2D eigenvalue weighted by Crippen LogP contribution is -2.45. The topological polar surface area (TPSA) is 33.4 Å². The van der Waals surface area contributed by atoms with E-state index < -0.39 is 30.8 Å². The van der Waals surface area contributed by atoms with Crippen molar-refractivity contribution < 1.29 is 35.9 Å². The predicted molar refractivity (Wildman–Crippen MR) is 44.0 cm³/mol. The van der Waals surface area contributed by atoms with Gasteiger partial charge < -0.3 is 9.52 Å². The summed E-state index contributed by atoms with van der Waals surface area (Å²) >= 11 is 0. The smallest absolute Gasteiger partial charge is 0.403 e. The summed E-state index contributed by atoms with van der Waals surface area (Å²) in [5, 5.41) is 9.07. The molecule has 0 bridgehead atoms. The molecule has 1 N–H and O–H groups in total. The molecule has 0 fully saturated rings. The van der Waals surface area contributed by atoms with Crippen molar-refractivity contribution in [3.8, 4) is 0 Å². The molecule has 1 aromatic rings. The van der Waals surface area contributed by atoms with Crippen LogP contribution in [0.15, 0.2) is 23.0 Å². The molecule has 0 radical (unpaired) electrons. The molecule has 0 aliphatic heterocycles. The summed E-state index contributed by atoms with van der Waals surface area (Å²) in [5.41, 5.74) is 0.0657. The average Bonchev–Trinajstić information content (AvgIpc) is 2.49. The molecule has 17 heavy (non-hydrogen) atoms. The van der Waals surface area contributed by atoms with E-state index in [2.05, 4.69) is 4.42 Å². The minimum absolute atomic E-state index is 0.0657. The van der Waals surface area contributed by atoms with Crippen LogP contribution in [0.2, 0.25) is 0 Å². The van der Waals surface area contributed by atoms with E-state index in [4.69, 9.17) is 5.11 Å². The van der Waals surface area contributed by atoms with Crippen molar-refractivity contribution in [3.05, 3.63) is 24.2 Å². The van der Waals surface area contributed by atoms with E-state index in [1.807, 2.05) is 0 Å². The van der Waals surface area contributed by atoms with Gasteiger partial charge in [0.25, 0.3) is 0 Å². The number of furan rings is 1. The van der Waals surface area contributed by atoms with Gasteiger partial charge in [0.15, 0.2) is 5.92 Å². The fourth-order valence-corrected chi connectivity index (χ4v) is 1.39. The van der Waals surface area contributed by atoms with Crippen LogP contribution in [-0.2, 0) is 6.42 Å².